The van der Waals surface area contributed by atoms with Crippen LogP contribution in [0.4, 0.5) is 0 Å². The quantitative estimate of drug-likeness (QED) is 0.468. The Morgan fingerprint density at radius 2 is 1.83 bits per heavy atom. The highest BCUT2D eigenvalue weighted by Crippen LogP contribution is 2.60. The fourth-order valence-electron chi connectivity index (χ4n) is 5.87. The molecule has 0 amide bonds. The lowest BCUT2D eigenvalue weighted by molar-refractivity contribution is -0.147. The first kappa shape index (κ1) is 24.0. The third-order valence-corrected chi connectivity index (χ3v) is 7.72. The number of fused-ring (bicyclic) bond motifs is 1. The number of hydrogen-bond donors (Lipinski definition) is 0. The second-order valence-corrected chi connectivity index (χ2v) is 10.6. The van der Waals surface area contributed by atoms with Crippen molar-refractivity contribution in [2.45, 2.75) is 86.5 Å². The maximum Gasteiger partial charge on any atom is 0.333 e. The van der Waals surface area contributed by atoms with E-state index in [0.717, 1.165) is 31.3 Å². The number of hydrogen-bond acceptors (Lipinski definition) is 4. The number of rotatable bonds is 8. The zero-order valence-electron chi connectivity index (χ0n) is 19.7. The van der Waals surface area contributed by atoms with Gasteiger partial charge in [-0.2, -0.15) is 0 Å². The van der Waals surface area contributed by atoms with Gasteiger partial charge in [-0.25, -0.2) is 4.79 Å². The molecule has 0 bridgehead atoms. The van der Waals surface area contributed by atoms with Crippen molar-refractivity contribution in [2.75, 3.05) is 13.7 Å². The van der Waals surface area contributed by atoms with Crippen LogP contribution in [0.15, 0.2) is 11.6 Å². The summed E-state index contributed by atoms with van der Waals surface area (Å²) in [4.78, 5) is 24.2. The van der Waals surface area contributed by atoms with Gasteiger partial charge in [0.2, 0.25) is 0 Å². The Bertz CT molecular complexity index is 618. The van der Waals surface area contributed by atoms with Gasteiger partial charge in [0.25, 0.3) is 0 Å². The summed E-state index contributed by atoms with van der Waals surface area (Å²) in [5.74, 6) is 0.941. The lowest BCUT2D eigenvalue weighted by atomic mass is 9.48. The second kappa shape index (κ2) is 9.66. The molecule has 2 aliphatic rings. The zero-order valence-corrected chi connectivity index (χ0v) is 19.7. The first-order valence-electron chi connectivity index (χ1n) is 11.5. The summed E-state index contributed by atoms with van der Waals surface area (Å²) in [6.45, 7) is 13.6. The molecule has 0 aliphatic heterocycles. The molecule has 0 saturated heterocycles. The minimum absolute atomic E-state index is 0.0770. The molecule has 0 spiro atoms. The van der Waals surface area contributed by atoms with Gasteiger partial charge in [-0.3, -0.25) is 4.79 Å². The van der Waals surface area contributed by atoms with Gasteiger partial charge in [0, 0.05) is 5.57 Å². The summed E-state index contributed by atoms with van der Waals surface area (Å²) < 4.78 is 10.5. The number of methoxy groups -OCH3 is 1. The maximum atomic E-state index is 12.6. The summed E-state index contributed by atoms with van der Waals surface area (Å²) in [6.07, 6.45) is 9.71. The van der Waals surface area contributed by atoms with Crippen molar-refractivity contribution in [1.82, 2.24) is 0 Å². The molecule has 2 rings (SSSR count). The van der Waals surface area contributed by atoms with Crippen LogP contribution in [0.3, 0.4) is 0 Å². The molecule has 0 aromatic rings. The normalized spacial score (nSPS) is 29.6. The van der Waals surface area contributed by atoms with Crippen LogP contribution < -0.4 is 0 Å². The molecule has 4 atom stereocenters. The molecule has 29 heavy (non-hydrogen) atoms. The summed E-state index contributed by atoms with van der Waals surface area (Å²) in [5.41, 5.74) is 1.34. The van der Waals surface area contributed by atoms with Gasteiger partial charge >= 0.3 is 11.9 Å². The highest BCUT2D eigenvalue weighted by molar-refractivity contribution is 5.89. The van der Waals surface area contributed by atoms with Crippen LogP contribution in [0.25, 0.3) is 0 Å². The van der Waals surface area contributed by atoms with E-state index >= 15 is 0 Å². The molecule has 2 aliphatic carbocycles. The smallest absolute Gasteiger partial charge is 0.333 e. The fraction of sp³-hybridized carbons (Fsp3) is 0.840. The minimum Gasteiger partial charge on any atom is -0.466 e. The molecule has 0 radical (unpaired) electrons. The monoisotopic (exact) mass is 406 g/mol. The van der Waals surface area contributed by atoms with Gasteiger partial charge < -0.3 is 9.47 Å². The van der Waals surface area contributed by atoms with Crippen molar-refractivity contribution in [3.63, 3.8) is 0 Å². The Labute approximate surface area is 177 Å². The van der Waals surface area contributed by atoms with Crippen LogP contribution in [0.1, 0.15) is 86.5 Å². The molecule has 1 saturated carbocycles. The summed E-state index contributed by atoms with van der Waals surface area (Å²) in [5, 5.41) is 0. The Balaban J connectivity index is 2.07. The SMILES string of the molecule is COC(=O)C1=CC[C@@H]2C(C)(C)CCC[C@]2(C)[C@@H]1CC[C@@H](C)CCOC(=O)C(C)C. The molecule has 4 nitrogen and oxygen atoms in total. The summed E-state index contributed by atoms with van der Waals surface area (Å²) >= 11 is 0. The molecular weight excluding hydrogens is 364 g/mol. The third kappa shape index (κ3) is 5.44. The molecule has 1 fully saturated rings. The largest absolute Gasteiger partial charge is 0.466 e. The fourth-order valence-corrected chi connectivity index (χ4v) is 5.87. The van der Waals surface area contributed by atoms with E-state index in [-0.39, 0.29) is 29.2 Å². The molecule has 0 aromatic carbocycles. The van der Waals surface area contributed by atoms with Crippen LogP contribution in [0.5, 0.6) is 0 Å². The van der Waals surface area contributed by atoms with Crippen LogP contribution in [-0.4, -0.2) is 25.7 Å². The van der Waals surface area contributed by atoms with Crippen molar-refractivity contribution >= 4 is 11.9 Å². The van der Waals surface area contributed by atoms with Crippen LogP contribution >= 0.6 is 0 Å². The maximum absolute atomic E-state index is 12.6. The Hall–Kier alpha value is -1.32. The van der Waals surface area contributed by atoms with Crippen molar-refractivity contribution in [2.24, 2.45) is 34.5 Å². The molecule has 166 valence electrons. The number of allylic oxidation sites excluding steroid dienone is 1. The minimum atomic E-state index is -0.156. The van der Waals surface area contributed by atoms with E-state index in [1.807, 2.05) is 13.8 Å². The Morgan fingerprint density at radius 3 is 2.45 bits per heavy atom. The summed E-state index contributed by atoms with van der Waals surface area (Å²) in [7, 11) is 1.49. The molecule has 4 heteroatoms. The lowest BCUT2D eigenvalue weighted by Crippen LogP contribution is -2.49. The van der Waals surface area contributed by atoms with E-state index < -0.39 is 0 Å². The average Bonchev–Trinajstić information content (AvgIpc) is 2.64. The predicted molar refractivity (Wildman–Crippen MR) is 116 cm³/mol. The Morgan fingerprint density at radius 1 is 1.14 bits per heavy atom. The standard InChI is InChI=1S/C25H42O4/c1-17(2)22(26)29-16-13-18(3)9-11-20-19(23(27)28-7)10-12-21-24(4,5)14-8-15-25(20,21)6/h10,17-18,20-21H,8-9,11-16H2,1-7H3/t18-,20-,21-,25-/m1/s1. The second-order valence-electron chi connectivity index (χ2n) is 10.6. The highest BCUT2D eigenvalue weighted by atomic mass is 16.5. The molecular formula is C25H42O4. The number of carbonyl (C=O) groups is 2. The highest BCUT2D eigenvalue weighted by Gasteiger charge is 2.53. The first-order chi connectivity index (χ1) is 13.5. The molecule has 0 heterocycles. The third-order valence-electron chi connectivity index (χ3n) is 7.72. The van der Waals surface area contributed by atoms with Gasteiger partial charge in [-0.15, -0.1) is 0 Å². The van der Waals surface area contributed by atoms with E-state index in [2.05, 4.69) is 33.8 Å². The van der Waals surface area contributed by atoms with Gasteiger partial charge in [-0.1, -0.05) is 54.0 Å². The molecule has 0 N–H and O–H groups in total. The van der Waals surface area contributed by atoms with E-state index in [0.29, 0.717) is 23.9 Å². The first-order valence-corrected chi connectivity index (χ1v) is 11.5. The van der Waals surface area contributed by atoms with E-state index in [1.165, 1.54) is 26.4 Å². The van der Waals surface area contributed by atoms with Gasteiger partial charge in [0.15, 0.2) is 0 Å². The number of esters is 2. The van der Waals surface area contributed by atoms with E-state index in [9.17, 15) is 9.59 Å². The van der Waals surface area contributed by atoms with Crippen LogP contribution in [-0.2, 0) is 19.1 Å². The topological polar surface area (TPSA) is 52.6 Å². The number of carbonyl (C=O) groups excluding carboxylic acids is 2. The van der Waals surface area contributed by atoms with Crippen molar-refractivity contribution in [3.05, 3.63) is 11.6 Å². The van der Waals surface area contributed by atoms with Crippen molar-refractivity contribution in [3.8, 4) is 0 Å². The summed E-state index contributed by atoms with van der Waals surface area (Å²) in [6, 6.07) is 0. The lowest BCUT2D eigenvalue weighted by Gasteiger charge is -2.56. The van der Waals surface area contributed by atoms with Gasteiger partial charge in [0.05, 0.1) is 19.6 Å². The Kier molecular flexibility index (Phi) is 7.98. The zero-order chi connectivity index (χ0) is 21.8. The molecule has 0 aromatic heterocycles. The average molecular weight is 407 g/mol. The predicted octanol–water partition coefficient (Wildman–Crippen LogP) is 5.94. The van der Waals surface area contributed by atoms with Gasteiger partial charge in [-0.05, 0) is 67.1 Å². The van der Waals surface area contributed by atoms with Gasteiger partial charge in [0.1, 0.15) is 0 Å². The van der Waals surface area contributed by atoms with Crippen LogP contribution in [0, 0.1) is 34.5 Å². The van der Waals surface area contributed by atoms with Crippen LogP contribution in [0.2, 0.25) is 0 Å². The molecule has 0 unspecified atom stereocenters. The van der Waals surface area contributed by atoms with E-state index in [4.69, 9.17) is 9.47 Å². The number of ether oxygens (including phenoxy) is 2. The van der Waals surface area contributed by atoms with Crippen molar-refractivity contribution < 1.29 is 19.1 Å². The van der Waals surface area contributed by atoms with E-state index in [1.54, 1.807) is 0 Å². The van der Waals surface area contributed by atoms with Crippen molar-refractivity contribution in [1.29, 1.82) is 0 Å².